The molecule has 0 aliphatic carbocycles. The van der Waals surface area contributed by atoms with E-state index in [1.807, 2.05) is 60.1 Å². The van der Waals surface area contributed by atoms with Crippen LogP contribution in [0.5, 0.6) is 0 Å². The van der Waals surface area contributed by atoms with Crippen LogP contribution in [0.15, 0.2) is 47.3 Å². The van der Waals surface area contributed by atoms with Gasteiger partial charge in [0.1, 0.15) is 11.5 Å². The Kier molecular flexibility index (Phi) is 5.94. The lowest BCUT2D eigenvalue weighted by Crippen LogP contribution is -2.35. The van der Waals surface area contributed by atoms with Crippen molar-refractivity contribution >= 4 is 16.9 Å². The number of fused-ring (bicyclic) bond motifs is 1. The first kappa shape index (κ1) is 22.3. The molecule has 0 bridgehead atoms. The van der Waals surface area contributed by atoms with E-state index in [-0.39, 0.29) is 18.0 Å². The number of rotatable bonds is 4. The minimum Gasteiger partial charge on any atom is -0.466 e. The normalized spacial score (nSPS) is 16.9. The standard InChI is InChI=1S/C27H31N5O2/c1-17(2)32-26-23(16-29-32)22(15-24(30-26)21-14-18(3)34-19(21)4)27(33)31-13-7-5-6-8-25(31)20-9-11-28-12-10-20/h9-12,14-17,25H,5-8,13H2,1-4H3. The average Bonchev–Trinajstić information content (AvgIpc) is 3.31. The minimum atomic E-state index is 0.0264. The van der Waals surface area contributed by atoms with Crippen LogP contribution in [0, 0.1) is 13.8 Å². The molecule has 1 atom stereocenters. The van der Waals surface area contributed by atoms with E-state index in [2.05, 4.69) is 23.9 Å². The highest BCUT2D eigenvalue weighted by Crippen LogP contribution is 2.35. The lowest BCUT2D eigenvalue weighted by Gasteiger charge is -2.31. The van der Waals surface area contributed by atoms with Gasteiger partial charge in [0.2, 0.25) is 0 Å². The lowest BCUT2D eigenvalue weighted by atomic mass is 10.00. The molecule has 0 spiro atoms. The first-order valence-electron chi connectivity index (χ1n) is 12.1. The van der Waals surface area contributed by atoms with Gasteiger partial charge in [-0.2, -0.15) is 5.10 Å². The van der Waals surface area contributed by atoms with Crippen molar-refractivity contribution in [2.24, 2.45) is 0 Å². The number of aryl methyl sites for hydroxylation is 2. The second-order valence-electron chi connectivity index (χ2n) is 9.45. The number of pyridine rings is 2. The summed E-state index contributed by atoms with van der Waals surface area (Å²) in [5, 5.41) is 5.38. The van der Waals surface area contributed by atoms with Gasteiger partial charge in [0.15, 0.2) is 5.65 Å². The molecule has 0 aromatic carbocycles. The molecular weight excluding hydrogens is 426 g/mol. The number of carbonyl (C=O) groups excluding carboxylic acids is 1. The topological polar surface area (TPSA) is 77.1 Å². The molecule has 0 N–H and O–H groups in total. The second kappa shape index (κ2) is 9.05. The molecule has 7 heteroatoms. The SMILES string of the molecule is Cc1cc(-c2cc(C(=O)N3CCCCCC3c3ccncc3)c3cnn(C(C)C)c3n2)c(C)o1. The Morgan fingerprint density at radius 1 is 1.12 bits per heavy atom. The van der Waals surface area contributed by atoms with E-state index in [0.29, 0.717) is 5.56 Å². The third-order valence-electron chi connectivity index (χ3n) is 6.71. The first-order valence-corrected chi connectivity index (χ1v) is 12.1. The van der Waals surface area contributed by atoms with Crippen LogP contribution < -0.4 is 0 Å². The smallest absolute Gasteiger partial charge is 0.255 e. The molecule has 7 nitrogen and oxygen atoms in total. The molecule has 1 unspecified atom stereocenters. The number of hydrogen-bond acceptors (Lipinski definition) is 5. The quantitative estimate of drug-likeness (QED) is 0.373. The Morgan fingerprint density at radius 2 is 1.91 bits per heavy atom. The molecule has 1 saturated heterocycles. The van der Waals surface area contributed by atoms with E-state index >= 15 is 0 Å². The summed E-state index contributed by atoms with van der Waals surface area (Å²) < 4.78 is 7.67. The fourth-order valence-electron chi connectivity index (χ4n) is 5.03. The van der Waals surface area contributed by atoms with Gasteiger partial charge in [-0.1, -0.05) is 12.8 Å². The number of amides is 1. The Hall–Kier alpha value is -3.48. The zero-order chi connectivity index (χ0) is 23.8. The van der Waals surface area contributed by atoms with E-state index in [9.17, 15) is 4.79 Å². The predicted octanol–water partition coefficient (Wildman–Crippen LogP) is 6.04. The van der Waals surface area contributed by atoms with Crippen molar-refractivity contribution in [2.45, 2.75) is 65.5 Å². The second-order valence-corrected chi connectivity index (χ2v) is 9.45. The van der Waals surface area contributed by atoms with Crippen LogP contribution in [0.2, 0.25) is 0 Å². The molecule has 1 aliphatic heterocycles. The fourth-order valence-corrected chi connectivity index (χ4v) is 5.03. The van der Waals surface area contributed by atoms with Gasteiger partial charge in [0.05, 0.1) is 28.9 Å². The maximum absolute atomic E-state index is 14.2. The van der Waals surface area contributed by atoms with Crippen molar-refractivity contribution in [3.63, 3.8) is 0 Å². The van der Waals surface area contributed by atoms with E-state index < -0.39 is 0 Å². The Morgan fingerprint density at radius 3 is 2.62 bits per heavy atom. The van der Waals surface area contributed by atoms with Gasteiger partial charge in [-0.25, -0.2) is 9.67 Å². The fraction of sp³-hybridized carbons (Fsp3) is 0.407. The molecule has 4 aromatic rings. The molecule has 34 heavy (non-hydrogen) atoms. The van der Waals surface area contributed by atoms with Crippen molar-refractivity contribution < 1.29 is 9.21 Å². The van der Waals surface area contributed by atoms with Crippen LogP contribution in [0.25, 0.3) is 22.3 Å². The number of aromatic nitrogens is 4. The van der Waals surface area contributed by atoms with E-state index in [1.54, 1.807) is 6.20 Å². The van der Waals surface area contributed by atoms with Crippen LogP contribution in [0.1, 0.15) is 79.1 Å². The third-order valence-corrected chi connectivity index (χ3v) is 6.71. The van der Waals surface area contributed by atoms with Gasteiger partial charge >= 0.3 is 0 Å². The summed E-state index contributed by atoms with van der Waals surface area (Å²) in [4.78, 5) is 25.4. The number of nitrogens with zero attached hydrogens (tertiary/aromatic N) is 5. The highest BCUT2D eigenvalue weighted by atomic mass is 16.3. The number of hydrogen-bond donors (Lipinski definition) is 0. The van der Waals surface area contributed by atoms with Gasteiger partial charge in [-0.15, -0.1) is 0 Å². The van der Waals surface area contributed by atoms with Crippen LogP contribution in [-0.2, 0) is 0 Å². The molecule has 1 amide bonds. The van der Waals surface area contributed by atoms with Crippen molar-refractivity contribution in [3.05, 3.63) is 65.5 Å². The molecule has 1 fully saturated rings. The molecule has 4 aromatic heterocycles. The molecule has 5 heterocycles. The van der Waals surface area contributed by atoms with Gasteiger partial charge in [0.25, 0.3) is 5.91 Å². The van der Waals surface area contributed by atoms with Gasteiger partial charge in [0, 0.05) is 30.5 Å². The maximum Gasteiger partial charge on any atom is 0.255 e. The Balaban J connectivity index is 1.67. The van der Waals surface area contributed by atoms with Crippen molar-refractivity contribution in [2.75, 3.05) is 6.54 Å². The largest absolute Gasteiger partial charge is 0.466 e. The summed E-state index contributed by atoms with van der Waals surface area (Å²) in [6.07, 6.45) is 9.58. The maximum atomic E-state index is 14.2. The highest BCUT2D eigenvalue weighted by Gasteiger charge is 2.30. The van der Waals surface area contributed by atoms with Crippen LogP contribution in [0.4, 0.5) is 0 Å². The number of furan rings is 1. The average molecular weight is 458 g/mol. The third kappa shape index (κ3) is 4.00. The minimum absolute atomic E-state index is 0.0264. The van der Waals surface area contributed by atoms with Crippen molar-refractivity contribution in [3.8, 4) is 11.3 Å². The van der Waals surface area contributed by atoms with Gasteiger partial charge < -0.3 is 9.32 Å². The summed E-state index contributed by atoms with van der Waals surface area (Å²) in [5.41, 5.74) is 4.15. The first-order chi connectivity index (χ1) is 16.4. The highest BCUT2D eigenvalue weighted by molar-refractivity contribution is 6.06. The molecule has 0 radical (unpaired) electrons. The summed E-state index contributed by atoms with van der Waals surface area (Å²) in [6.45, 7) is 8.74. The van der Waals surface area contributed by atoms with Crippen molar-refractivity contribution in [1.29, 1.82) is 0 Å². The summed E-state index contributed by atoms with van der Waals surface area (Å²) in [7, 11) is 0. The summed E-state index contributed by atoms with van der Waals surface area (Å²) in [5.74, 6) is 1.64. The zero-order valence-electron chi connectivity index (χ0n) is 20.3. The molecule has 1 aliphatic rings. The summed E-state index contributed by atoms with van der Waals surface area (Å²) >= 11 is 0. The Labute approximate surface area is 199 Å². The van der Waals surface area contributed by atoms with E-state index in [0.717, 1.165) is 71.6 Å². The van der Waals surface area contributed by atoms with Crippen LogP contribution in [0.3, 0.4) is 0 Å². The van der Waals surface area contributed by atoms with Gasteiger partial charge in [-0.3, -0.25) is 9.78 Å². The monoisotopic (exact) mass is 457 g/mol. The molecule has 0 saturated carbocycles. The van der Waals surface area contributed by atoms with E-state index in [4.69, 9.17) is 9.40 Å². The lowest BCUT2D eigenvalue weighted by molar-refractivity contribution is 0.0683. The van der Waals surface area contributed by atoms with Crippen LogP contribution >= 0.6 is 0 Å². The number of likely N-dealkylation sites (tertiary alicyclic amines) is 1. The summed E-state index contributed by atoms with van der Waals surface area (Å²) in [6, 6.07) is 8.11. The molecule has 176 valence electrons. The molecular formula is C27H31N5O2. The zero-order valence-corrected chi connectivity index (χ0v) is 20.3. The van der Waals surface area contributed by atoms with Gasteiger partial charge in [-0.05, 0) is 70.4 Å². The van der Waals surface area contributed by atoms with E-state index in [1.165, 1.54) is 0 Å². The molecule has 5 rings (SSSR count). The number of carbonyl (C=O) groups is 1. The van der Waals surface area contributed by atoms with Crippen LogP contribution in [-0.4, -0.2) is 37.1 Å². The Bertz CT molecular complexity index is 1320. The predicted molar refractivity (Wildman–Crippen MR) is 132 cm³/mol. The van der Waals surface area contributed by atoms with Crippen molar-refractivity contribution in [1.82, 2.24) is 24.6 Å².